The highest BCUT2D eigenvalue weighted by atomic mass is 79.9. The van der Waals surface area contributed by atoms with Crippen LogP contribution in [0.15, 0.2) is 21.4 Å². The summed E-state index contributed by atoms with van der Waals surface area (Å²) in [7, 11) is 0. The Morgan fingerprint density at radius 1 is 1.29 bits per heavy atom. The smallest absolute Gasteiger partial charge is 0.257 e. The molecule has 2 aromatic heterocycles. The summed E-state index contributed by atoms with van der Waals surface area (Å²) in [5.74, 6) is 2.52. The van der Waals surface area contributed by atoms with Crippen LogP contribution >= 0.6 is 28.3 Å². The molecule has 1 fully saturated rings. The number of fused-ring (bicyclic) bond motifs is 1. The molecule has 0 spiro atoms. The van der Waals surface area contributed by atoms with Gasteiger partial charge in [-0.15, -0.1) is 22.6 Å². The third-order valence-corrected chi connectivity index (χ3v) is 5.03. The topological polar surface area (TPSA) is 76.2 Å². The second-order valence-electron chi connectivity index (χ2n) is 6.01. The van der Waals surface area contributed by atoms with Gasteiger partial charge in [-0.3, -0.25) is 4.79 Å². The molecule has 2 aromatic rings. The van der Waals surface area contributed by atoms with Crippen LogP contribution in [-0.2, 0) is 13.1 Å². The van der Waals surface area contributed by atoms with Crippen molar-refractivity contribution in [2.45, 2.75) is 31.8 Å². The molecule has 1 N–H and O–H groups in total. The van der Waals surface area contributed by atoms with E-state index in [2.05, 4.69) is 36.0 Å². The molecule has 0 radical (unpaired) electrons. The zero-order chi connectivity index (χ0) is 15.8. The molecule has 2 aliphatic rings. The largest absolute Gasteiger partial charge is 0.457 e. The standard InChI is InChI=1S/C15H18BrN5O2.ClH/c16-12-7-11(9-23-12)15(22)20-4-1-10(2-5-20)14-19-18-13-8-17-3-6-21(13)14;/h7,9-10,17H,1-6,8H2;1H. The molecular weight excluding hydrogens is 398 g/mol. The Bertz CT molecular complexity index is 723. The van der Waals surface area contributed by atoms with Crippen LogP contribution in [0.3, 0.4) is 0 Å². The second-order valence-corrected chi connectivity index (χ2v) is 6.79. The molecule has 9 heteroatoms. The molecular formula is C15H19BrClN5O2. The number of carbonyl (C=O) groups excluding carboxylic acids is 1. The van der Waals surface area contributed by atoms with Gasteiger partial charge in [0.05, 0.1) is 12.1 Å². The van der Waals surface area contributed by atoms with E-state index < -0.39 is 0 Å². The van der Waals surface area contributed by atoms with Gasteiger partial charge < -0.3 is 19.2 Å². The zero-order valence-electron chi connectivity index (χ0n) is 13.1. The van der Waals surface area contributed by atoms with Crippen LogP contribution in [0.25, 0.3) is 0 Å². The summed E-state index contributed by atoms with van der Waals surface area (Å²) in [5, 5.41) is 12.0. The number of nitrogens with zero attached hydrogens (tertiary/aromatic N) is 4. The van der Waals surface area contributed by atoms with E-state index in [1.54, 1.807) is 6.07 Å². The Kier molecular flexibility index (Phi) is 5.27. The Labute approximate surface area is 154 Å². The summed E-state index contributed by atoms with van der Waals surface area (Å²) in [6.07, 6.45) is 3.35. The van der Waals surface area contributed by atoms with Crippen LogP contribution < -0.4 is 5.32 Å². The number of carbonyl (C=O) groups is 1. The van der Waals surface area contributed by atoms with E-state index >= 15 is 0 Å². The normalized spacial score (nSPS) is 18.1. The molecule has 0 atom stereocenters. The lowest BCUT2D eigenvalue weighted by atomic mass is 9.95. The number of hydrogen-bond donors (Lipinski definition) is 1. The molecule has 2 aliphatic heterocycles. The van der Waals surface area contributed by atoms with Crippen LogP contribution in [0, 0.1) is 0 Å². The fourth-order valence-electron chi connectivity index (χ4n) is 3.36. The van der Waals surface area contributed by atoms with E-state index in [0.29, 0.717) is 16.2 Å². The lowest BCUT2D eigenvalue weighted by Crippen LogP contribution is -2.38. The van der Waals surface area contributed by atoms with Crippen LogP contribution in [0.4, 0.5) is 0 Å². The van der Waals surface area contributed by atoms with Crippen molar-refractivity contribution in [1.82, 2.24) is 25.0 Å². The molecule has 1 amide bonds. The summed E-state index contributed by atoms with van der Waals surface area (Å²) >= 11 is 3.23. The van der Waals surface area contributed by atoms with Gasteiger partial charge in [0.1, 0.15) is 17.9 Å². The van der Waals surface area contributed by atoms with Gasteiger partial charge in [-0.25, -0.2) is 0 Å². The van der Waals surface area contributed by atoms with Gasteiger partial charge in [0.25, 0.3) is 5.91 Å². The van der Waals surface area contributed by atoms with Gasteiger partial charge in [0.15, 0.2) is 4.67 Å². The van der Waals surface area contributed by atoms with Gasteiger partial charge in [-0.1, -0.05) is 0 Å². The number of halogens is 2. The number of hydrogen-bond acceptors (Lipinski definition) is 5. The minimum atomic E-state index is 0. The summed E-state index contributed by atoms with van der Waals surface area (Å²) in [6.45, 7) is 4.17. The molecule has 4 rings (SSSR count). The third kappa shape index (κ3) is 3.22. The molecule has 130 valence electrons. The van der Waals surface area contributed by atoms with E-state index in [-0.39, 0.29) is 18.3 Å². The number of nitrogens with one attached hydrogen (secondary N) is 1. The quantitative estimate of drug-likeness (QED) is 0.812. The first-order valence-electron chi connectivity index (χ1n) is 7.88. The minimum absolute atomic E-state index is 0. The first-order valence-corrected chi connectivity index (χ1v) is 8.67. The maximum Gasteiger partial charge on any atom is 0.257 e. The van der Waals surface area contributed by atoms with Gasteiger partial charge in [-0.05, 0) is 28.8 Å². The molecule has 1 saturated heterocycles. The second kappa shape index (κ2) is 7.25. The number of furan rings is 1. The maximum atomic E-state index is 12.4. The predicted molar refractivity (Wildman–Crippen MR) is 93.3 cm³/mol. The Balaban J connectivity index is 0.00000169. The molecule has 7 nitrogen and oxygen atoms in total. The summed E-state index contributed by atoms with van der Waals surface area (Å²) in [5.41, 5.74) is 0.598. The third-order valence-electron chi connectivity index (χ3n) is 4.61. The minimum Gasteiger partial charge on any atom is -0.457 e. The van der Waals surface area contributed by atoms with Gasteiger partial charge in [0.2, 0.25) is 0 Å². The fraction of sp³-hybridized carbons (Fsp3) is 0.533. The van der Waals surface area contributed by atoms with E-state index in [1.165, 1.54) is 6.26 Å². The van der Waals surface area contributed by atoms with Crippen LogP contribution in [-0.4, -0.2) is 45.2 Å². The van der Waals surface area contributed by atoms with Crippen molar-refractivity contribution in [3.63, 3.8) is 0 Å². The highest BCUT2D eigenvalue weighted by Gasteiger charge is 2.29. The van der Waals surface area contributed by atoms with Gasteiger partial charge >= 0.3 is 0 Å². The fourth-order valence-corrected chi connectivity index (χ4v) is 3.70. The number of amides is 1. The van der Waals surface area contributed by atoms with Crippen LogP contribution in [0.5, 0.6) is 0 Å². The van der Waals surface area contributed by atoms with E-state index in [9.17, 15) is 4.79 Å². The average Bonchev–Trinajstić information content (AvgIpc) is 3.21. The maximum absolute atomic E-state index is 12.4. The Morgan fingerprint density at radius 3 is 2.79 bits per heavy atom. The molecule has 0 bridgehead atoms. The predicted octanol–water partition coefficient (Wildman–Crippen LogP) is 2.18. The Hall–Kier alpha value is -1.38. The van der Waals surface area contributed by atoms with Crippen molar-refractivity contribution in [3.05, 3.63) is 34.2 Å². The van der Waals surface area contributed by atoms with Crippen molar-refractivity contribution in [3.8, 4) is 0 Å². The number of likely N-dealkylation sites (tertiary alicyclic amines) is 1. The molecule has 4 heterocycles. The van der Waals surface area contributed by atoms with Gasteiger partial charge in [0, 0.05) is 38.2 Å². The Morgan fingerprint density at radius 2 is 2.08 bits per heavy atom. The summed E-state index contributed by atoms with van der Waals surface area (Å²) in [6, 6.07) is 1.72. The van der Waals surface area contributed by atoms with E-state index in [4.69, 9.17) is 4.42 Å². The van der Waals surface area contributed by atoms with E-state index in [0.717, 1.165) is 57.2 Å². The summed E-state index contributed by atoms with van der Waals surface area (Å²) in [4.78, 5) is 14.3. The van der Waals surface area contributed by atoms with Crippen molar-refractivity contribution in [2.75, 3.05) is 19.6 Å². The monoisotopic (exact) mass is 415 g/mol. The highest BCUT2D eigenvalue weighted by molar-refractivity contribution is 9.10. The SMILES string of the molecule is Cl.O=C(c1coc(Br)c1)N1CCC(c2nnc3n2CCNC3)CC1. The van der Waals surface area contributed by atoms with E-state index in [1.807, 2.05) is 4.90 Å². The number of rotatable bonds is 2. The van der Waals surface area contributed by atoms with Crippen molar-refractivity contribution >= 4 is 34.2 Å². The molecule has 0 aromatic carbocycles. The van der Waals surface area contributed by atoms with Crippen LogP contribution in [0.1, 0.15) is 40.8 Å². The van der Waals surface area contributed by atoms with Crippen molar-refractivity contribution in [1.29, 1.82) is 0 Å². The molecule has 0 saturated carbocycles. The highest BCUT2D eigenvalue weighted by Crippen LogP contribution is 2.29. The average molecular weight is 417 g/mol. The molecule has 24 heavy (non-hydrogen) atoms. The summed E-state index contributed by atoms with van der Waals surface area (Å²) < 4.78 is 7.99. The van der Waals surface area contributed by atoms with Crippen LogP contribution in [0.2, 0.25) is 0 Å². The van der Waals surface area contributed by atoms with Crippen molar-refractivity contribution < 1.29 is 9.21 Å². The zero-order valence-corrected chi connectivity index (χ0v) is 15.5. The molecule has 0 aliphatic carbocycles. The first kappa shape index (κ1) is 17.4. The number of aromatic nitrogens is 3. The molecule has 0 unspecified atom stereocenters. The van der Waals surface area contributed by atoms with Gasteiger partial charge in [-0.2, -0.15) is 0 Å². The van der Waals surface area contributed by atoms with Crippen molar-refractivity contribution in [2.24, 2.45) is 0 Å². The number of piperidine rings is 1. The first-order chi connectivity index (χ1) is 11.2. The lowest BCUT2D eigenvalue weighted by molar-refractivity contribution is 0.0709. The lowest BCUT2D eigenvalue weighted by Gasteiger charge is -2.31.